The van der Waals surface area contributed by atoms with E-state index in [2.05, 4.69) is 23.9 Å². The number of nitrogens with two attached hydrogens (primary N) is 1. The molecule has 0 aliphatic carbocycles. The number of hydrogen-bond acceptors (Lipinski definition) is 3. The van der Waals surface area contributed by atoms with Crippen molar-refractivity contribution in [3.63, 3.8) is 0 Å². The summed E-state index contributed by atoms with van der Waals surface area (Å²) in [6.45, 7) is 5.10. The van der Waals surface area contributed by atoms with E-state index in [0.29, 0.717) is 11.8 Å². The Labute approximate surface area is 79.2 Å². The van der Waals surface area contributed by atoms with E-state index in [-0.39, 0.29) is 0 Å². The fourth-order valence-corrected chi connectivity index (χ4v) is 1.23. The van der Waals surface area contributed by atoms with Crippen LogP contribution >= 0.6 is 0 Å². The van der Waals surface area contributed by atoms with Crippen molar-refractivity contribution in [1.29, 1.82) is 0 Å². The Bertz CT molecular complexity index is 256. The fourth-order valence-electron chi connectivity index (χ4n) is 1.23. The van der Waals surface area contributed by atoms with E-state index in [1.54, 1.807) is 6.33 Å². The van der Waals surface area contributed by atoms with Gasteiger partial charge in [0.1, 0.15) is 12.2 Å². The minimum absolute atomic E-state index is 0.539. The highest BCUT2D eigenvalue weighted by Crippen LogP contribution is 2.13. The molecular weight excluding hydrogens is 164 g/mol. The molecule has 0 fully saturated rings. The van der Waals surface area contributed by atoms with Gasteiger partial charge in [0.2, 0.25) is 0 Å². The number of nitrogens with zero attached hydrogens (tertiary/aromatic N) is 3. The first-order chi connectivity index (χ1) is 6.15. The summed E-state index contributed by atoms with van der Waals surface area (Å²) >= 11 is 0. The molecule has 0 saturated carbocycles. The van der Waals surface area contributed by atoms with Crippen LogP contribution < -0.4 is 5.73 Å². The van der Waals surface area contributed by atoms with Gasteiger partial charge in [-0.1, -0.05) is 13.8 Å². The molecule has 0 spiro atoms. The zero-order valence-corrected chi connectivity index (χ0v) is 8.57. The van der Waals surface area contributed by atoms with Crippen molar-refractivity contribution in [2.75, 3.05) is 6.54 Å². The van der Waals surface area contributed by atoms with Gasteiger partial charge in [-0.3, -0.25) is 4.68 Å². The Morgan fingerprint density at radius 2 is 2.15 bits per heavy atom. The topological polar surface area (TPSA) is 56.7 Å². The molecule has 0 saturated heterocycles. The summed E-state index contributed by atoms with van der Waals surface area (Å²) in [6.07, 6.45) is 2.55. The maximum Gasteiger partial charge on any atom is 0.138 e. The van der Waals surface area contributed by atoms with Crippen molar-refractivity contribution in [2.24, 2.45) is 24.6 Å². The van der Waals surface area contributed by atoms with Crippen LogP contribution in [0.15, 0.2) is 6.33 Å². The summed E-state index contributed by atoms with van der Waals surface area (Å²) in [6, 6.07) is 0. The number of hydrogen-bond donors (Lipinski definition) is 1. The molecule has 0 aromatic carbocycles. The van der Waals surface area contributed by atoms with Crippen LogP contribution in [0.4, 0.5) is 0 Å². The second kappa shape index (κ2) is 4.37. The monoisotopic (exact) mass is 182 g/mol. The van der Waals surface area contributed by atoms with Crippen LogP contribution in [0.5, 0.6) is 0 Å². The smallest absolute Gasteiger partial charge is 0.138 e. The zero-order chi connectivity index (χ0) is 9.84. The molecule has 1 aromatic heterocycles. The quantitative estimate of drug-likeness (QED) is 0.741. The average Bonchev–Trinajstić information content (AvgIpc) is 2.50. The summed E-state index contributed by atoms with van der Waals surface area (Å²) in [4.78, 5) is 4.18. The Balaban J connectivity index is 2.54. The highest BCUT2D eigenvalue weighted by Gasteiger charge is 2.13. The van der Waals surface area contributed by atoms with Crippen LogP contribution in [-0.4, -0.2) is 21.3 Å². The molecular formula is C9H18N4. The molecule has 2 unspecified atom stereocenters. The molecule has 1 rings (SSSR count). The second-order valence-electron chi connectivity index (χ2n) is 3.69. The lowest BCUT2D eigenvalue weighted by Gasteiger charge is -2.16. The predicted molar refractivity (Wildman–Crippen MR) is 52.1 cm³/mol. The molecule has 1 aromatic rings. The highest BCUT2D eigenvalue weighted by molar-refractivity contribution is 4.86. The SMILES string of the molecule is CC(CN)C(C)Cc1ncnn1C. The van der Waals surface area contributed by atoms with Gasteiger partial charge in [0.05, 0.1) is 0 Å². The molecule has 4 nitrogen and oxygen atoms in total. The van der Waals surface area contributed by atoms with Crippen LogP contribution in [0, 0.1) is 11.8 Å². The van der Waals surface area contributed by atoms with Gasteiger partial charge < -0.3 is 5.73 Å². The van der Waals surface area contributed by atoms with Gasteiger partial charge >= 0.3 is 0 Å². The third-order valence-electron chi connectivity index (χ3n) is 2.65. The second-order valence-corrected chi connectivity index (χ2v) is 3.69. The normalized spacial score (nSPS) is 15.7. The Hall–Kier alpha value is -0.900. The molecule has 2 atom stereocenters. The number of aromatic nitrogens is 3. The van der Waals surface area contributed by atoms with Crippen molar-refractivity contribution in [3.8, 4) is 0 Å². The van der Waals surface area contributed by atoms with E-state index < -0.39 is 0 Å². The van der Waals surface area contributed by atoms with Gasteiger partial charge in [0, 0.05) is 13.5 Å². The van der Waals surface area contributed by atoms with Crippen LogP contribution in [-0.2, 0) is 13.5 Å². The molecule has 0 aliphatic heterocycles. The van der Waals surface area contributed by atoms with E-state index in [1.165, 1.54) is 0 Å². The molecule has 4 heteroatoms. The van der Waals surface area contributed by atoms with Crippen molar-refractivity contribution >= 4 is 0 Å². The van der Waals surface area contributed by atoms with Crippen LogP contribution in [0.1, 0.15) is 19.7 Å². The molecule has 0 radical (unpaired) electrons. The lowest BCUT2D eigenvalue weighted by Crippen LogP contribution is -2.21. The number of rotatable bonds is 4. The van der Waals surface area contributed by atoms with Gasteiger partial charge in [-0.05, 0) is 18.4 Å². The van der Waals surface area contributed by atoms with E-state index >= 15 is 0 Å². The van der Waals surface area contributed by atoms with Crippen molar-refractivity contribution in [2.45, 2.75) is 20.3 Å². The third kappa shape index (κ3) is 2.52. The molecule has 0 bridgehead atoms. The standard InChI is InChI=1S/C9H18N4/c1-7(8(2)5-10)4-9-11-6-12-13(9)3/h6-8H,4-5,10H2,1-3H3. The molecule has 74 valence electrons. The van der Waals surface area contributed by atoms with Crippen LogP contribution in [0.25, 0.3) is 0 Å². The first kappa shape index (κ1) is 10.2. The van der Waals surface area contributed by atoms with Crippen molar-refractivity contribution in [1.82, 2.24) is 14.8 Å². The van der Waals surface area contributed by atoms with Gasteiger partial charge in [-0.15, -0.1) is 0 Å². The van der Waals surface area contributed by atoms with E-state index in [9.17, 15) is 0 Å². The van der Waals surface area contributed by atoms with Gasteiger partial charge in [-0.2, -0.15) is 5.10 Å². The highest BCUT2D eigenvalue weighted by atomic mass is 15.3. The van der Waals surface area contributed by atoms with Gasteiger partial charge in [0.25, 0.3) is 0 Å². The minimum atomic E-state index is 0.539. The lowest BCUT2D eigenvalue weighted by molar-refractivity contribution is 0.382. The summed E-state index contributed by atoms with van der Waals surface area (Å²) < 4.78 is 1.82. The fraction of sp³-hybridized carbons (Fsp3) is 0.778. The first-order valence-corrected chi connectivity index (χ1v) is 4.68. The largest absolute Gasteiger partial charge is 0.330 e. The van der Waals surface area contributed by atoms with Crippen molar-refractivity contribution < 1.29 is 0 Å². The summed E-state index contributed by atoms with van der Waals surface area (Å²) in [5.74, 6) is 2.14. The summed E-state index contributed by atoms with van der Waals surface area (Å²) in [5, 5.41) is 4.03. The molecule has 2 N–H and O–H groups in total. The van der Waals surface area contributed by atoms with E-state index in [4.69, 9.17) is 5.73 Å². The Morgan fingerprint density at radius 3 is 2.62 bits per heavy atom. The molecule has 13 heavy (non-hydrogen) atoms. The van der Waals surface area contributed by atoms with Gasteiger partial charge in [-0.25, -0.2) is 4.98 Å². The predicted octanol–water partition coefficient (Wildman–Crippen LogP) is 0.588. The molecule has 1 heterocycles. The van der Waals surface area contributed by atoms with Crippen LogP contribution in [0.2, 0.25) is 0 Å². The Kier molecular flexibility index (Phi) is 3.42. The minimum Gasteiger partial charge on any atom is -0.330 e. The Morgan fingerprint density at radius 1 is 1.46 bits per heavy atom. The average molecular weight is 182 g/mol. The summed E-state index contributed by atoms with van der Waals surface area (Å²) in [7, 11) is 1.92. The maximum atomic E-state index is 5.60. The van der Waals surface area contributed by atoms with E-state index in [1.807, 2.05) is 11.7 Å². The molecule has 0 aliphatic rings. The first-order valence-electron chi connectivity index (χ1n) is 4.68. The number of aryl methyl sites for hydroxylation is 1. The molecule has 0 amide bonds. The zero-order valence-electron chi connectivity index (χ0n) is 8.57. The van der Waals surface area contributed by atoms with E-state index in [0.717, 1.165) is 18.8 Å². The maximum absolute atomic E-state index is 5.60. The lowest BCUT2D eigenvalue weighted by atomic mass is 9.93. The third-order valence-corrected chi connectivity index (χ3v) is 2.65. The van der Waals surface area contributed by atoms with Gasteiger partial charge in [0.15, 0.2) is 0 Å². The summed E-state index contributed by atoms with van der Waals surface area (Å²) in [5.41, 5.74) is 5.60. The van der Waals surface area contributed by atoms with Crippen LogP contribution in [0.3, 0.4) is 0 Å². The van der Waals surface area contributed by atoms with Crippen molar-refractivity contribution in [3.05, 3.63) is 12.2 Å².